The fraction of sp³-hybridized carbons (Fsp3) is 0.792. The molecule has 2 unspecified atom stereocenters. The number of rotatable bonds is 15. The summed E-state index contributed by atoms with van der Waals surface area (Å²) in [6.45, 7) is 9.02. The molecule has 2 atom stereocenters. The molecule has 0 amide bonds. The quantitative estimate of drug-likeness (QED) is 0.173. The van der Waals surface area contributed by atoms with Gasteiger partial charge in [0.15, 0.2) is 0 Å². The SMILES string of the molecule is CCCCCCCOC(=O)OC(C)[N+]1(C)CCC=C(c2nsnc2OCCCCCC)C1. The molecule has 1 aromatic rings. The van der Waals surface area contributed by atoms with E-state index in [0.29, 0.717) is 30.1 Å². The van der Waals surface area contributed by atoms with Crippen molar-refractivity contribution in [3.8, 4) is 5.88 Å². The van der Waals surface area contributed by atoms with E-state index in [1.54, 1.807) is 0 Å². The van der Waals surface area contributed by atoms with Gasteiger partial charge in [-0.1, -0.05) is 64.9 Å². The van der Waals surface area contributed by atoms with Crippen molar-refractivity contribution in [2.75, 3.05) is 33.4 Å². The zero-order valence-electron chi connectivity index (χ0n) is 20.4. The topological polar surface area (TPSA) is 70.5 Å². The Morgan fingerprint density at radius 2 is 1.75 bits per heavy atom. The summed E-state index contributed by atoms with van der Waals surface area (Å²) in [7, 11) is 2.11. The van der Waals surface area contributed by atoms with E-state index in [1.807, 2.05) is 6.92 Å². The van der Waals surface area contributed by atoms with Crippen LogP contribution in [0.5, 0.6) is 5.88 Å². The first-order chi connectivity index (χ1) is 15.5. The van der Waals surface area contributed by atoms with Crippen molar-refractivity contribution >= 4 is 23.5 Å². The summed E-state index contributed by atoms with van der Waals surface area (Å²) in [4.78, 5) is 12.2. The van der Waals surface area contributed by atoms with Crippen molar-refractivity contribution in [2.45, 2.75) is 91.2 Å². The van der Waals surface area contributed by atoms with Crippen LogP contribution in [-0.4, -0.2) is 59.0 Å². The van der Waals surface area contributed by atoms with Crippen molar-refractivity contribution in [2.24, 2.45) is 0 Å². The molecule has 32 heavy (non-hydrogen) atoms. The van der Waals surface area contributed by atoms with Crippen LogP contribution < -0.4 is 4.74 Å². The van der Waals surface area contributed by atoms with Gasteiger partial charge in [0.2, 0.25) is 6.23 Å². The number of likely N-dealkylation sites (N-methyl/N-ethyl adjacent to an activating group) is 1. The van der Waals surface area contributed by atoms with Crippen LogP contribution >= 0.6 is 11.7 Å². The molecule has 0 aliphatic carbocycles. The van der Waals surface area contributed by atoms with E-state index in [9.17, 15) is 4.79 Å². The minimum Gasteiger partial charge on any atom is -0.475 e. The van der Waals surface area contributed by atoms with E-state index in [0.717, 1.165) is 43.5 Å². The Kier molecular flexibility index (Phi) is 12.0. The molecule has 182 valence electrons. The first kappa shape index (κ1) is 26.6. The highest BCUT2D eigenvalue weighted by Crippen LogP contribution is 2.31. The van der Waals surface area contributed by atoms with Gasteiger partial charge in [-0.2, -0.15) is 4.37 Å². The number of carbonyl (C=O) groups excluding carboxylic acids is 1. The van der Waals surface area contributed by atoms with E-state index in [-0.39, 0.29) is 6.23 Å². The normalized spacial score (nSPS) is 19.3. The molecule has 8 heteroatoms. The smallest absolute Gasteiger partial charge is 0.475 e. The maximum atomic E-state index is 12.2. The van der Waals surface area contributed by atoms with Crippen LogP contribution in [0.2, 0.25) is 0 Å². The largest absolute Gasteiger partial charge is 0.512 e. The summed E-state index contributed by atoms with van der Waals surface area (Å²) in [5.74, 6) is 0.627. The van der Waals surface area contributed by atoms with Gasteiger partial charge in [-0.3, -0.25) is 4.48 Å². The van der Waals surface area contributed by atoms with E-state index in [2.05, 4.69) is 35.7 Å². The summed E-state index contributed by atoms with van der Waals surface area (Å²) in [6, 6.07) is 0. The number of carbonyl (C=O) groups is 1. The Hall–Kier alpha value is -1.67. The van der Waals surface area contributed by atoms with Crippen molar-refractivity contribution in [1.29, 1.82) is 0 Å². The Morgan fingerprint density at radius 3 is 2.50 bits per heavy atom. The molecule has 0 saturated heterocycles. The van der Waals surface area contributed by atoms with Gasteiger partial charge in [-0.05, 0) is 12.8 Å². The lowest BCUT2D eigenvalue weighted by Gasteiger charge is -2.41. The molecule has 2 heterocycles. The Morgan fingerprint density at radius 1 is 1.06 bits per heavy atom. The fourth-order valence-electron chi connectivity index (χ4n) is 3.88. The summed E-state index contributed by atoms with van der Waals surface area (Å²) in [5, 5.41) is 0. The number of hydrogen-bond acceptors (Lipinski definition) is 7. The molecule has 1 aromatic heterocycles. The van der Waals surface area contributed by atoms with Crippen LogP contribution in [0.3, 0.4) is 0 Å². The lowest BCUT2D eigenvalue weighted by Crippen LogP contribution is -2.55. The summed E-state index contributed by atoms with van der Waals surface area (Å²) < 4.78 is 26.3. The first-order valence-corrected chi connectivity index (χ1v) is 13.1. The van der Waals surface area contributed by atoms with Gasteiger partial charge in [0.1, 0.15) is 12.2 Å². The molecular weight excluding hydrogens is 426 g/mol. The molecule has 0 aromatic carbocycles. The maximum Gasteiger partial charge on any atom is 0.512 e. The van der Waals surface area contributed by atoms with Gasteiger partial charge in [-0.15, -0.1) is 4.37 Å². The molecular formula is C24H42N3O4S+. The average Bonchev–Trinajstić information content (AvgIpc) is 3.24. The molecule has 1 aliphatic heterocycles. The predicted molar refractivity (Wildman–Crippen MR) is 129 cm³/mol. The van der Waals surface area contributed by atoms with Crippen LogP contribution in [0.15, 0.2) is 6.08 Å². The molecule has 2 rings (SSSR count). The summed E-state index contributed by atoms with van der Waals surface area (Å²) in [6.07, 6.45) is 12.5. The third kappa shape index (κ3) is 8.70. The third-order valence-corrected chi connectivity index (χ3v) is 6.69. The number of nitrogens with zero attached hydrogens (tertiary/aromatic N) is 3. The Balaban J connectivity index is 1.83. The third-order valence-electron chi connectivity index (χ3n) is 6.17. The second-order valence-corrected chi connectivity index (χ2v) is 9.46. The Labute approximate surface area is 198 Å². The number of unbranched alkanes of at least 4 members (excludes halogenated alkanes) is 7. The minimum atomic E-state index is -0.574. The van der Waals surface area contributed by atoms with E-state index >= 15 is 0 Å². The number of ether oxygens (including phenoxy) is 3. The van der Waals surface area contributed by atoms with Gasteiger partial charge in [0.05, 0.1) is 38.5 Å². The van der Waals surface area contributed by atoms with Crippen LogP contribution in [0.1, 0.15) is 90.7 Å². The number of quaternary nitrogens is 1. The first-order valence-electron chi connectivity index (χ1n) is 12.3. The van der Waals surface area contributed by atoms with Crippen molar-refractivity contribution in [1.82, 2.24) is 8.75 Å². The zero-order valence-corrected chi connectivity index (χ0v) is 21.3. The monoisotopic (exact) mass is 468 g/mol. The van der Waals surface area contributed by atoms with E-state index in [4.69, 9.17) is 14.2 Å². The second kappa shape index (κ2) is 14.5. The standard InChI is InChI=1S/C24H42N3O4S/c1-5-7-9-11-13-18-30-24(28)31-20(3)27(4)16-14-15-21(19-27)22-23(26-32-25-22)29-17-12-10-8-6-2/h15,20H,5-14,16-19H2,1-4H3/q+1. The second-order valence-electron chi connectivity index (χ2n) is 8.94. The van der Waals surface area contributed by atoms with Crippen LogP contribution in [0.25, 0.3) is 5.57 Å². The molecule has 0 fully saturated rings. The fourth-order valence-corrected chi connectivity index (χ4v) is 4.41. The van der Waals surface area contributed by atoms with Crippen LogP contribution in [0.4, 0.5) is 4.79 Å². The van der Waals surface area contributed by atoms with Crippen LogP contribution in [0, 0.1) is 0 Å². The molecule has 0 radical (unpaired) electrons. The predicted octanol–water partition coefficient (Wildman–Crippen LogP) is 6.20. The van der Waals surface area contributed by atoms with Gasteiger partial charge < -0.3 is 14.2 Å². The number of aromatic nitrogens is 2. The molecule has 0 N–H and O–H groups in total. The maximum absolute atomic E-state index is 12.2. The molecule has 1 aliphatic rings. The molecule has 0 bridgehead atoms. The average molecular weight is 469 g/mol. The van der Waals surface area contributed by atoms with Gasteiger partial charge >= 0.3 is 6.16 Å². The Bertz CT molecular complexity index is 709. The van der Waals surface area contributed by atoms with Gasteiger partial charge in [0.25, 0.3) is 5.88 Å². The molecule has 0 saturated carbocycles. The van der Waals surface area contributed by atoms with Crippen molar-refractivity contribution in [3.63, 3.8) is 0 Å². The highest BCUT2D eigenvalue weighted by atomic mass is 32.1. The molecule has 7 nitrogen and oxygen atoms in total. The summed E-state index contributed by atoms with van der Waals surface area (Å²) in [5.41, 5.74) is 1.94. The van der Waals surface area contributed by atoms with Crippen molar-refractivity contribution < 1.29 is 23.5 Å². The van der Waals surface area contributed by atoms with Gasteiger partial charge in [0, 0.05) is 18.9 Å². The lowest BCUT2D eigenvalue weighted by molar-refractivity contribution is -0.944. The van der Waals surface area contributed by atoms with Crippen molar-refractivity contribution in [3.05, 3.63) is 11.8 Å². The lowest BCUT2D eigenvalue weighted by atomic mass is 10.0. The highest BCUT2D eigenvalue weighted by Gasteiger charge is 2.37. The highest BCUT2D eigenvalue weighted by molar-refractivity contribution is 6.99. The zero-order chi connectivity index (χ0) is 23.2. The molecule has 0 spiro atoms. The van der Waals surface area contributed by atoms with E-state index < -0.39 is 6.16 Å². The van der Waals surface area contributed by atoms with Gasteiger partial charge in [-0.25, -0.2) is 4.79 Å². The van der Waals surface area contributed by atoms with E-state index in [1.165, 1.54) is 50.3 Å². The number of hydrogen-bond donors (Lipinski definition) is 0. The summed E-state index contributed by atoms with van der Waals surface area (Å²) >= 11 is 1.19. The van der Waals surface area contributed by atoms with Crippen LogP contribution in [-0.2, 0) is 9.47 Å². The minimum absolute atomic E-state index is 0.309.